The first-order valence-electron chi connectivity index (χ1n) is 38.1. The Bertz CT molecular complexity index is 1200. The van der Waals surface area contributed by atoms with Crippen molar-refractivity contribution >= 4 is 0 Å². The van der Waals surface area contributed by atoms with Gasteiger partial charge in [-0.1, -0.05) is 419 Å². The normalized spacial score (nSPS) is 11.7. The van der Waals surface area contributed by atoms with E-state index in [-0.39, 0.29) is 0 Å². The van der Waals surface area contributed by atoms with Crippen molar-refractivity contribution in [3.8, 4) is 0 Å². The minimum absolute atomic E-state index is 1.06. The predicted octanol–water partition coefficient (Wildman–Crippen LogP) is 28.1. The summed E-state index contributed by atoms with van der Waals surface area (Å²) in [5, 5.41) is 0. The molecule has 0 unspecified atom stereocenters. The second kappa shape index (κ2) is 66.2. The number of hydrogen-bond donors (Lipinski definition) is 0. The molecule has 2 heteroatoms. The van der Waals surface area contributed by atoms with E-state index in [1.807, 2.05) is 0 Å². The van der Waals surface area contributed by atoms with Gasteiger partial charge in [0.25, 0.3) is 0 Å². The van der Waals surface area contributed by atoms with Crippen molar-refractivity contribution in [2.75, 3.05) is 0 Å². The molecule has 2 nitrogen and oxygen atoms in total. The van der Waals surface area contributed by atoms with E-state index in [2.05, 4.69) is 27.7 Å². The van der Waals surface area contributed by atoms with Crippen LogP contribution in [0.1, 0.15) is 468 Å². The van der Waals surface area contributed by atoms with Gasteiger partial charge in [0.1, 0.15) is 5.82 Å². The van der Waals surface area contributed by atoms with Gasteiger partial charge in [0.2, 0.25) is 0 Å². The molecule has 0 aromatic carbocycles. The average molecular weight is 1100 g/mol. The molecule has 0 amide bonds. The number of rotatable bonds is 69. The molecular weight excluding hydrogens is 953 g/mol. The van der Waals surface area contributed by atoms with E-state index in [4.69, 9.17) is 9.97 Å². The topological polar surface area (TPSA) is 25.8 Å². The van der Waals surface area contributed by atoms with E-state index in [1.165, 1.54) is 454 Å². The van der Waals surface area contributed by atoms with Crippen LogP contribution in [0.3, 0.4) is 0 Å². The molecule has 0 saturated carbocycles. The van der Waals surface area contributed by atoms with Crippen LogP contribution in [-0.4, -0.2) is 9.97 Å². The first-order chi connectivity index (χ1) is 39.3. The molecule has 1 aromatic heterocycles. The lowest BCUT2D eigenvalue weighted by atomic mass is 9.96. The zero-order valence-corrected chi connectivity index (χ0v) is 55.7. The third-order valence-corrected chi connectivity index (χ3v) is 18.5. The first-order valence-corrected chi connectivity index (χ1v) is 38.1. The van der Waals surface area contributed by atoms with Gasteiger partial charge in [-0.15, -0.1) is 0 Å². The maximum Gasteiger partial charge on any atom is 0.128 e. The Hall–Kier alpha value is -0.920. The molecule has 0 saturated heterocycles. The fourth-order valence-electron chi connectivity index (χ4n) is 13.0. The molecule has 0 aliphatic heterocycles. The third kappa shape index (κ3) is 56.0. The Kier molecular flexibility index (Phi) is 63.8. The molecule has 1 rings (SSSR count). The van der Waals surface area contributed by atoms with Crippen LogP contribution in [0.25, 0.3) is 0 Å². The number of hydrogen-bond acceptors (Lipinski definition) is 2. The second-order valence-corrected chi connectivity index (χ2v) is 26.6. The Morgan fingerprint density at radius 1 is 0.152 bits per heavy atom. The molecule has 0 bridgehead atoms. The van der Waals surface area contributed by atoms with E-state index in [9.17, 15) is 0 Å². The van der Waals surface area contributed by atoms with Crippen LogP contribution >= 0.6 is 0 Å². The summed E-state index contributed by atoms with van der Waals surface area (Å²) in [4.78, 5) is 10.8. The molecule has 1 heterocycles. The third-order valence-electron chi connectivity index (χ3n) is 18.5. The minimum Gasteiger partial charge on any atom is -0.238 e. The van der Waals surface area contributed by atoms with Crippen LogP contribution in [0.15, 0.2) is 0 Å². The summed E-state index contributed by atoms with van der Waals surface area (Å²) >= 11 is 0. The summed E-state index contributed by atoms with van der Waals surface area (Å²) in [5.41, 5.74) is 4.52. The predicted molar refractivity (Wildman–Crippen MR) is 360 cm³/mol. The molecule has 0 atom stereocenters. The van der Waals surface area contributed by atoms with Crippen LogP contribution in [0, 0.1) is 0 Å². The van der Waals surface area contributed by atoms with Crippen molar-refractivity contribution in [2.45, 2.75) is 471 Å². The highest BCUT2D eigenvalue weighted by atomic mass is 14.9. The van der Waals surface area contributed by atoms with E-state index < -0.39 is 0 Å². The van der Waals surface area contributed by atoms with E-state index in [0.717, 1.165) is 6.42 Å². The molecule has 79 heavy (non-hydrogen) atoms. The first kappa shape index (κ1) is 76.1. The smallest absolute Gasteiger partial charge is 0.128 e. The SMILES string of the molecule is CCCCCCCCCCCCCCCCCCCCCCCc1nc(CCCC)nc(CCCCCCCCCCCCCCCCCCCCCCC)c1CCCCCCCCCCCCCCCCCCCCCCC. The largest absolute Gasteiger partial charge is 0.238 e. The fraction of sp³-hybridized carbons (Fsp3) is 0.948. The van der Waals surface area contributed by atoms with Gasteiger partial charge in [-0.2, -0.15) is 0 Å². The lowest BCUT2D eigenvalue weighted by Gasteiger charge is -2.16. The Morgan fingerprint density at radius 3 is 0.481 bits per heavy atom. The molecule has 0 aliphatic rings. The van der Waals surface area contributed by atoms with Gasteiger partial charge in [-0.3, -0.25) is 0 Å². The summed E-state index contributed by atoms with van der Waals surface area (Å²) in [6, 6.07) is 0. The van der Waals surface area contributed by atoms with Gasteiger partial charge in [0.05, 0.1) is 0 Å². The number of aromatic nitrogens is 2. The molecule has 0 radical (unpaired) electrons. The van der Waals surface area contributed by atoms with Crippen molar-refractivity contribution in [2.24, 2.45) is 0 Å². The van der Waals surface area contributed by atoms with E-state index in [1.54, 1.807) is 5.56 Å². The zero-order valence-electron chi connectivity index (χ0n) is 55.7. The molecular formula is C77H150N2. The standard InChI is InChI=1S/C77H150N2/c1-5-9-13-16-19-22-25-28-31-34-37-40-43-46-49-52-55-58-61-64-67-70-74-75(71-68-65-62-59-56-53-50-47-44-41-38-35-32-29-26-23-20-17-14-10-6-2)78-77(73-12-8-4)79-76(74)72-69-66-63-60-57-54-51-48-45-42-39-36-33-30-27-24-21-18-15-11-7-3/h5-73H2,1-4H3. The van der Waals surface area contributed by atoms with Gasteiger partial charge >= 0.3 is 0 Å². The van der Waals surface area contributed by atoms with Crippen LogP contribution in [-0.2, 0) is 25.7 Å². The molecule has 468 valence electrons. The van der Waals surface area contributed by atoms with Gasteiger partial charge in [0, 0.05) is 17.8 Å². The summed E-state index contributed by atoms with van der Waals surface area (Å²) in [6.45, 7) is 9.29. The average Bonchev–Trinajstić information content (AvgIpc) is 3.47. The fourth-order valence-corrected chi connectivity index (χ4v) is 13.0. The highest BCUT2D eigenvalue weighted by Gasteiger charge is 2.15. The van der Waals surface area contributed by atoms with Crippen LogP contribution in [0.5, 0.6) is 0 Å². The van der Waals surface area contributed by atoms with Crippen molar-refractivity contribution in [3.63, 3.8) is 0 Å². The van der Waals surface area contributed by atoms with Gasteiger partial charge in [-0.05, 0) is 50.5 Å². The second-order valence-electron chi connectivity index (χ2n) is 26.6. The monoisotopic (exact) mass is 1100 g/mol. The number of unbranched alkanes of at least 4 members (excludes halogenated alkanes) is 61. The summed E-state index contributed by atoms with van der Waals surface area (Å²) in [6.07, 6.45) is 98.3. The van der Waals surface area contributed by atoms with Crippen molar-refractivity contribution in [3.05, 3.63) is 22.8 Å². The van der Waals surface area contributed by atoms with Gasteiger partial charge in [-0.25, -0.2) is 9.97 Å². The van der Waals surface area contributed by atoms with Crippen molar-refractivity contribution in [1.29, 1.82) is 0 Å². The van der Waals surface area contributed by atoms with Crippen molar-refractivity contribution in [1.82, 2.24) is 9.97 Å². The summed E-state index contributed by atoms with van der Waals surface area (Å²) < 4.78 is 0. The zero-order chi connectivity index (χ0) is 56.5. The Labute approximate surface area is 501 Å². The summed E-state index contributed by atoms with van der Waals surface area (Å²) in [5.74, 6) is 1.17. The maximum atomic E-state index is 5.42. The quantitative estimate of drug-likeness (QED) is 0.0608. The molecule has 0 N–H and O–H groups in total. The van der Waals surface area contributed by atoms with Gasteiger partial charge in [0.15, 0.2) is 0 Å². The Balaban J connectivity index is 2.43. The maximum absolute atomic E-state index is 5.42. The number of aryl methyl sites for hydroxylation is 3. The van der Waals surface area contributed by atoms with E-state index >= 15 is 0 Å². The van der Waals surface area contributed by atoms with Crippen molar-refractivity contribution < 1.29 is 0 Å². The molecule has 0 fully saturated rings. The van der Waals surface area contributed by atoms with E-state index in [0.29, 0.717) is 0 Å². The summed E-state index contributed by atoms with van der Waals surface area (Å²) in [7, 11) is 0. The highest BCUT2D eigenvalue weighted by Crippen LogP contribution is 2.24. The minimum atomic E-state index is 1.06. The molecule has 0 aliphatic carbocycles. The molecule has 0 spiro atoms. The van der Waals surface area contributed by atoms with Gasteiger partial charge < -0.3 is 0 Å². The van der Waals surface area contributed by atoms with Crippen LogP contribution in [0.4, 0.5) is 0 Å². The Morgan fingerprint density at radius 2 is 0.304 bits per heavy atom. The lowest BCUT2D eigenvalue weighted by Crippen LogP contribution is -2.11. The van der Waals surface area contributed by atoms with Crippen LogP contribution in [0.2, 0.25) is 0 Å². The lowest BCUT2D eigenvalue weighted by molar-refractivity contribution is 0.518. The molecule has 1 aromatic rings. The van der Waals surface area contributed by atoms with Crippen LogP contribution < -0.4 is 0 Å². The number of nitrogens with zero attached hydrogens (tertiary/aromatic N) is 2. The highest BCUT2D eigenvalue weighted by molar-refractivity contribution is 5.27.